The fraction of sp³-hybridized carbons (Fsp3) is 0.857. The average molecular weight is 272 g/mol. The molecule has 1 amide bonds. The first-order chi connectivity index (χ1) is 9.11. The average Bonchev–Trinajstić information content (AvgIpc) is 2.38. The van der Waals surface area contributed by atoms with Gasteiger partial charge in [-0.25, -0.2) is 4.79 Å². The number of carbonyl (C=O) groups is 2. The molecule has 0 saturated heterocycles. The van der Waals surface area contributed by atoms with E-state index in [4.69, 9.17) is 10.8 Å². The zero-order valence-electron chi connectivity index (χ0n) is 12.0. The minimum Gasteiger partial charge on any atom is -0.480 e. The van der Waals surface area contributed by atoms with Gasteiger partial charge >= 0.3 is 5.97 Å². The van der Waals surface area contributed by atoms with E-state index in [-0.39, 0.29) is 5.91 Å². The highest BCUT2D eigenvalue weighted by molar-refractivity contribution is 5.83. The number of rotatable bonds is 12. The van der Waals surface area contributed by atoms with Gasteiger partial charge < -0.3 is 16.2 Å². The van der Waals surface area contributed by atoms with E-state index in [1.807, 2.05) is 0 Å². The molecule has 0 aromatic rings. The van der Waals surface area contributed by atoms with Crippen LogP contribution in [-0.2, 0) is 9.59 Å². The monoisotopic (exact) mass is 272 g/mol. The molecule has 0 aliphatic rings. The standard InChI is InChI=1S/C14H28N2O3/c1-2-3-4-5-6-7-10-13(17)16-12(14(18)19)9-8-11-15/h12H,2-11,15H2,1H3,(H,16,17)(H,18,19)/t12-/m0/s1. The van der Waals surface area contributed by atoms with E-state index < -0.39 is 12.0 Å². The van der Waals surface area contributed by atoms with Crippen molar-refractivity contribution < 1.29 is 14.7 Å². The Bertz CT molecular complexity index is 257. The van der Waals surface area contributed by atoms with Crippen molar-refractivity contribution in [2.75, 3.05) is 6.54 Å². The molecular weight excluding hydrogens is 244 g/mol. The van der Waals surface area contributed by atoms with E-state index in [1.165, 1.54) is 19.3 Å². The number of nitrogens with two attached hydrogens (primary N) is 1. The Kier molecular flexibility index (Phi) is 11.3. The maximum absolute atomic E-state index is 11.6. The molecule has 0 aromatic carbocycles. The van der Waals surface area contributed by atoms with Crippen LogP contribution in [0.1, 0.15) is 64.7 Å². The van der Waals surface area contributed by atoms with Crippen LogP contribution < -0.4 is 11.1 Å². The van der Waals surface area contributed by atoms with Gasteiger partial charge in [-0.3, -0.25) is 4.79 Å². The molecule has 0 unspecified atom stereocenters. The van der Waals surface area contributed by atoms with Crippen LogP contribution >= 0.6 is 0 Å². The Morgan fingerprint density at radius 3 is 2.32 bits per heavy atom. The van der Waals surface area contributed by atoms with Crippen LogP contribution in [0.15, 0.2) is 0 Å². The lowest BCUT2D eigenvalue weighted by Crippen LogP contribution is -2.40. The van der Waals surface area contributed by atoms with Crippen molar-refractivity contribution in [2.24, 2.45) is 5.73 Å². The molecular formula is C14H28N2O3. The smallest absolute Gasteiger partial charge is 0.326 e. The summed E-state index contributed by atoms with van der Waals surface area (Å²) in [5.74, 6) is -1.15. The minimum absolute atomic E-state index is 0.167. The molecule has 112 valence electrons. The van der Waals surface area contributed by atoms with Crippen LogP contribution in [0.2, 0.25) is 0 Å². The Hall–Kier alpha value is -1.10. The van der Waals surface area contributed by atoms with Gasteiger partial charge in [-0.15, -0.1) is 0 Å². The molecule has 0 saturated carbocycles. The molecule has 0 bridgehead atoms. The van der Waals surface area contributed by atoms with Crippen molar-refractivity contribution in [1.82, 2.24) is 5.32 Å². The van der Waals surface area contributed by atoms with Crippen molar-refractivity contribution in [3.8, 4) is 0 Å². The van der Waals surface area contributed by atoms with E-state index in [0.29, 0.717) is 25.8 Å². The first-order valence-corrected chi connectivity index (χ1v) is 7.34. The third kappa shape index (κ3) is 10.5. The number of aliphatic carboxylic acids is 1. The molecule has 19 heavy (non-hydrogen) atoms. The SMILES string of the molecule is CCCCCCCCC(=O)N[C@@H](CCCN)C(=O)O. The Labute approximate surface area is 115 Å². The summed E-state index contributed by atoms with van der Waals surface area (Å²) in [6.45, 7) is 2.61. The predicted octanol–water partition coefficient (Wildman–Crippen LogP) is 2.05. The van der Waals surface area contributed by atoms with Gasteiger partial charge in [0.2, 0.25) is 5.91 Å². The predicted molar refractivity (Wildman–Crippen MR) is 75.8 cm³/mol. The number of unbranched alkanes of at least 4 members (excludes halogenated alkanes) is 5. The first kappa shape index (κ1) is 17.9. The molecule has 0 aliphatic heterocycles. The Morgan fingerprint density at radius 1 is 1.11 bits per heavy atom. The molecule has 4 N–H and O–H groups in total. The van der Waals surface area contributed by atoms with Crippen LogP contribution in [0.25, 0.3) is 0 Å². The summed E-state index contributed by atoms with van der Waals surface area (Å²) < 4.78 is 0. The normalized spacial score (nSPS) is 12.1. The van der Waals surface area contributed by atoms with Crippen molar-refractivity contribution in [1.29, 1.82) is 0 Å². The molecule has 0 spiro atoms. The van der Waals surface area contributed by atoms with E-state index in [1.54, 1.807) is 0 Å². The summed E-state index contributed by atoms with van der Waals surface area (Å²) >= 11 is 0. The number of hydrogen-bond donors (Lipinski definition) is 3. The number of carboxylic acids is 1. The molecule has 0 radical (unpaired) electrons. The van der Waals surface area contributed by atoms with Gasteiger partial charge in [0, 0.05) is 6.42 Å². The van der Waals surface area contributed by atoms with Gasteiger partial charge in [0.25, 0.3) is 0 Å². The molecule has 0 heterocycles. The molecule has 5 heteroatoms. The number of carbonyl (C=O) groups excluding carboxylic acids is 1. The van der Waals surface area contributed by atoms with E-state index in [9.17, 15) is 9.59 Å². The molecule has 1 atom stereocenters. The number of hydrogen-bond acceptors (Lipinski definition) is 3. The number of amides is 1. The fourth-order valence-corrected chi connectivity index (χ4v) is 1.91. The molecule has 0 rings (SSSR count). The van der Waals surface area contributed by atoms with E-state index >= 15 is 0 Å². The van der Waals surface area contributed by atoms with Gasteiger partial charge in [0.05, 0.1) is 0 Å². The van der Waals surface area contributed by atoms with Gasteiger partial charge in [-0.2, -0.15) is 0 Å². The lowest BCUT2D eigenvalue weighted by Gasteiger charge is -2.13. The summed E-state index contributed by atoms with van der Waals surface area (Å²) in [6, 6.07) is -0.795. The van der Waals surface area contributed by atoms with E-state index in [2.05, 4.69) is 12.2 Å². The third-order valence-corrected chi connectivity index (χ3v) is 3.09. The topological polar surface area (TPSA) is 92.4 Å². The first-order valence-electron chi connectivity index (χ1n) is 7.34. The molecule has 5 nitrogen and oxygen atoms in total. The highest BCUT2D eigenvalue weighted by atomic mass is 16.4. The zero-order chi connectivity index (χ0) is 14.5. The zero-order valence-corrected chi connectivity index (χ0v) is 12.0. The lowest BCUT2D eigenvalue weighted by atomic mass is 10.1. The largest absolute Gasteiger partial charge is 0.480 e. The second-order valence-corrected chi connectivity index (χ2v) is 4.91. The fourth-order valence-electron chi connectivity index (χ4n) is 1.91. The van der Waals surface area contributed by atoms with Gasteiger partial charge in [0.15, 0.2) is 0 Å². The lowest BCUT2D eigenvalue weighted by molar-refractivity contribution is -0.142. The molecule has 0 fully saturated rings. The van der Waals surface area contributed by atoms with Crippen LogP contribution in [0.3, 0.4) is 0 Å². The summed E-state index contributed by atoms with van der Waals surface area (Å²) in [5, 5.41) is 11.5. The van der Waals surface area contributed by atoms with Gasteiger partial charge in [0.1, 0.15) is 6.04 Å². The van der Waals surface area contributed by atoms with Crippen molar-refractivity contribution in [2.45, 2.75) is 70.8 Å². The van der Waals surface area contributed by atoms with Crippen molar-refractivity contribution in [3.05, 3.63) is 0 Å². The highest BCUT2D eigenvalue weighted by Crippen LogP contribution is 2.07. The van der Waals surface area contributed by atoms with Crippen molar-refractivity contribution >= 4 is 11.9 Å². The molecule has 0 aliphatic carbocycles. The van der Waals surface area contributed by atoms with Crippen LogP contribution in [0.5, 0.6) is 0 Å². The van der Waals surface area contributed by atoms with E-state index in [0.717, 1.165) is 19.3 Å². The second-order valence-electron chi connectivity index (χ2n) is 4.91. The van der Waals surface area contributed by atoms with Gasteiger partial charge in [-0.05, 0) is 25.8 Å². The maximum atomic E-state index is 11.6. The quantitative estimate of drug-likeness (QED) is 0.474. The van der Waals surface area contributed by atoms with Crippen LogP contribution in [0.4, 0.5) is 0 Å². The Morgan fingerprint density at radius 2 is 1.74 bits per heavy atom. The summed E-state index contributed by atoms with van der Waals surface area (Å²) in [6.07, 6.45) is 8.10. The number of nitrogens with one attached hydrogen (secondary N) is 1. The van der Waals surface area contributed by atoms with Crippen LogP contribution in [-0.4, -0.2) is 29.6 Å². The molecule has 0 aromatic heterocycles. The van der Waals surface area contributed by atoms with Crippen LogP contribution in [0, 0.1) is 0 Å². The minimum atomic E-state index is -0.982. The number of carboxylic acid groups (broad SMARTS) is 1. The maximum Gasteiger partial charge on any atom is 0.326 e. The highest BCUT2D eigenvalue weighted by Gasteiger charge is 2.18. The Balaban J connectivity index is 3.71. The van der Waals surface area contributed by atoms with Crippen molar-refractivity contribution in [3.63, 3.8) is 0 Å². The second kappa shape index (κ2) is 12.0. The third-order valence-electron chi connectivity index (χ3n) is 3.09. The summed E-state index contributed by atoms with van der Waals surface area (Å²) in [4.78, 5) is 22.5. The van der Waals surface area contributed by atoms with Gasteiger partial charge in [-0.1, -0.05) is 39.0 Å². The summed E-state index contributed by atoms with van der Waals surface area (Å²) in [5.41, 5.74) is 5.34. The summed E-state index contributed by atoms with van der Waals surface area (Å²) in [7, 11) is 0.